The van der Waals surface area contributed by atoms with Crippen molar-refractivity contribution in [2.75, 3.05) is 26.7 Å². The van der Waals surface area contributed by atoms with Gasteiger partial charge in [-0.25, -0.2) is 9.31 Å². The average Bonchev–Trinajstić information content (AvgIpc) is 3.46. The first-order valence-corrected chi connectivity index (χ1v) is 11.2. The molecule has 4 aromatic rings. The Labute approximate surface area is 205 Å². The first kappa shape index (κ1) is 25.3. The lowest BCUT2D eigenvalue weighted by molar-refractivity contribution is -0.192. The Hall–Kier alpha value is -3.77. The van der Waals surface area contributed by atoms with Crippen molar-refractivity contribution in [1.82, 2.24) is 34.4 Å². The van der Waals surface area contributed by atoms with Crippen LogP contribution in [0.15, 0.2) is 61.1 Å². The molecule has 1 fully saturated rings. The van der Waals surface area contributed by atoms with Crippen LogP contribution in [0.5, 0.6) is 0 Å². The summed E-state index contributed by atoms with van der Waals surface area (Å²) in [5.74, 6) is -2.76. The molecular weight excluding hydrogens is 475 g/mol. The molecule has 190 valence electrons. The predicted octanol–water partition coefficient (Wildman–Crippen LogP) is 3.25. The smallest absolute Gasteiger partial charge is 0.475 e. The SMILES string of the molecule is CN1CCN(Cc2cnn(C)c2)CC1c1nnn2cc(-c3ccccc3)ccc12.O=C(O)C(F)(F)F. The first-order chi connectivity index (χ1) is 17.1. The number of nitrogens with zero attached hydrogens (tertiary/aromatic N) is 7. The Morgan fingerprint density at radius 2 is 1.78 bits per heavy atom. The van der Waals surface area contributed by atoms with E-state index in [2.05, 4.69) is 81.1 Å². The van der Waals surface area contributed by atoms with E-state index in [1.807, 2.05) is 28.5 Å². The molecule has 0 bridgehead atoms. The third-order valence-corrected chi connectivity index (χ3v) is 6.00. The predicted molar refractivity (Wildman–Crippen MR) is 126 cm³/mol. The van der Waals surface area contributed by atoms with Crippen molar-refractivity contribution < 1.29 is 23.1 Å². The van der Waals surface area contributed by atoms with E-state index in [9.17, 15) is 13.2 Å². The Balaban J connectivity index is 0.000000384. The van der Waals surface area contributed by atoms with Gasteiger partial charge in [-0.2, -0.15) is 18.3 Å². The minimum atomic E-state index is -5.08. The fraction of sp³-hybridized carbons (Fsp3) is 0.333. The molecule has 0 radical (unpaired) electrons. The van der Waals surface area contributed by atoms with Crippen LogP contribution >= 0.6 is 0 Å². The van der Waals surface area contributed by atoms with Gasteiger partial charge in [-0.05, 0) is 18.7 Å². The van der Waals surface area contributed by atoms with E-state index >= 15 is 0 Å². The maximum Gasteiger partial charge on any atom is 0.490 e. The van der Waals surface area contributed by atoms with Gasteiger partial charge in [-0.15, -0.1) is 5.10 Å². The van der Waals surface area contributed by atoms with E-state index < -0.39 is 12.1 Å². The lowest BCUT2D eigenvalue weighted by atomic mass is 10.1. The lowest BCUT2D eigenvalue weighted by Gasteiger charge is -2.38. The molecule has 5 rings (SSSR count). The molecule has 3 aromatic heterocycles. The molecule has 0 spiro atoms. The monoisotopic (exact) mass is 501 g/mol. The van der Waals surface area contributed by atoms with Gasteiger partial charge in [0.05, 0.1) is 17.8 Å². The number of hydrogen-bond donors (Lipinski definition) is 1. The van der Waals surface area contributed by atoms with Crippen LogP contribution in [0.4, 0.5) is 13.2 Å². The van der Waals surface area contributed by atoms with Crippen molar-refractivity contribution in [2.45, 2.75) is 18.8 Å². The number of piperazine rings is 1. The molecule has 9 nitrogen and oxygen atoms in total. The van der Waals surface area contributed by atoms with Gasteiger partial charge in [0.2, 0.25) is 0 Å². The van der Waals surface area contributed by atoms with Crippen LogP contribution in [0.1, 0.15) is 17.3 Å². The van der Waals surface area contributed by atoms with Crippen LogP contribution in [-0.4, -0.2) is 78.3 Å². The number of aryl methyl sites for hydroxylation is 1. The highest BCUT2D eigenvalue weighted by Gasteiger charge is 2.38. The summed E-state index contributed by atoms with van der Waals surface area (Å²) in [6.07, 6.45) is 1.02. The third kappa shape index (κ3) is 5.89. The molecule has 0 saturated carbocycles. The number of aromatic nitrogens is 5. The number of rotatable bonds is 4. The average molecular weight is 502 g/mol. The summed E-state index contributed by atoms with van der Waals surface area (Å²) < 4.78 is 35.5. The fourth-order valence-electron chi connectivity index (χ4n) is 4.13. The zero-order chi connectivity index (χ0) is 25.9. The molecule has 1 aliphatic rings. The molecule has 1 aromatic carbocycles. The molecule has 36 heavy (non-hydrogen) atoms. The van der Waals surface area contributed by atoms with Crippen LogP contribution in [-0.2, 0) is 18.4 Å². The highest BCUT2D eigenvalue weighted by atomic mass is 19.4. The summed E-state index contributed by atoms with van der Waals surface area (Å²) in [6.45, 7) is 3.89. The molecule has 1 saturated heterocycles. The van der Waals surface area contributed by atoms with Crippen molar-refractivity contribution in [2.24, 2.45) is 7.05 Å². The van der Waals surface area contributed by atoms with Crippen LogP contribution < -0.4 is 0 Å². The van der Waals surface area contributed by atoms with Crippen LogP contribution in [0.2, 0.25) is 0 Å². The number of carboxylic acids is 1. The van der Waals surface area contributed by atoms with Gasteiger partial charge in [0.25, 0.3) is 0 Å². The molecule has 4 heterocycles. The molecule has 0 aliphatic carbocycles. The summed E-state index contributed by atoms with van der Waals surface area (Å²) in [7, 11) is 4.14. The van der Waals surface area contributed by atoms with E-state index in [4.69, 9.17) is 9.90 Å². The van der Waals surface area contributed by atoms with Gasteiger partial charge in [0, 0.05) is 56.7 Å². The van der Waals surface area contributed by atoms with Gasteiger partial charge in [-0.1, -0.05) is 41.6 Å². The van der Waals surface area contributed by atoms with E-state index in [0.29, 0.717) is 0 Å². The lowest BCUT2D eigenvalue weighted by Crippen LogP contribution is -2.46. The Morgan fingerprint density at radius 1 is 1.06 bits per heavy atom. The van der Waals surface area contributed by atoms with Gasteiger partial charge in [0.1, 0.15) is 5.69 Å². The Morgan fingerprint density at radius 3 is 2.42 bits per heavy atom. The molecule has 1 N–H and O–H groups in total. The second kappa shape index (κ2) is 10.5. The van der Waals surface area contributed by atoms with E-state index in [-0.39, 0.29) is 6.04 Å². The number of carboxylic acid groups (broad SMARTS) is 1. The van der Waals surface area contributed by atoms with E-state index in [0.717, 1.165) is 43.0 Å². The minimum absolute atomic E-state index is 0.223. The van der Waals surface area contributed by atoms with Crippen LogP contribution in [0, 0.1) is 0 Å². The summed E-state index contributed by atoms with van der Waals surface area (Å²) in [4.78, 5) is 13.8. The second-order valence-electron chi connectivity index (χ2n) is 8.64. The van der Waals surface area contributed by atoms with E-state index in [1.54, 1.807) is 0 Å². The molecule has 1 unspecified atom stereocenters. The Kier molecular flexibility index (Phi) is 7.36. The summed E-state index contributed by atoms with van der Waals surface area (Å²) in [5.41, 5.74) is 5.69. The zero-order valence-electron chi connectivity index (χ0n) is 19.8. The standard InChI is InChI=1S/C22H25N7.C2HF3O2/c1-26-10-11-28(14-17-12-23-27(2)13-17)16-21(26)22-20-9-8-19(15-29(20)25-24-22)18-6-4-3-5-7-18;3-2(4,5)1(6)7/h3-9,12-13,15,21H,10-11,14,16H2,1-2H3;(H,6,7). The minimum Gasteiger partial charge on any atom is -0.475 e. The van der Waals surface area contributed by atoms with E-state index in [1.165, 1.54) is 11.1 Å². The van der Waals surface area contributed by atoms with Crippen LogP contribution in [0.25, 0.3) is 16.6 Å². The molecule has 1 aliphatic heterocycles. The first-order valence-electron chi connectivity index (χ1n) is 11.2. The topological polar surface area (TPSA) is 91.8 Å². The summed E-state index contributed by atoms with van der Waals surface area (Å²) in [5, 5.41) is 20.4. The van der Waals surface area contributed by atoms with Crippen molar-refractivity contribution in [3.63, 3.8) is 0 Å². The number of hydrogen-bond acceptors (Lipinski definition) is 6. The van der Waals surface area contributed by atoms with Gasteiger partial charge in [0.15, 0.2) is 0 Å². The van der Waals surface area contributed by atoms with Crippen molar-refractivity contribution >= 4 is 11.5 Å². The van der Waals surface area contributed by atoms with Crippen molar-refractivity contribution in [3.8, 4) is 11.1 Å². The molecule has 0 amide bonds. The third-order valence-electron chi connectivity index (χ3n) is 6.00. The maximum absolute atomic E-state index is 10.6. The number of likely N-dealkylation sites (N-methyl/N-ethyl adjacent to an activating group) is 1. The van der Waals surface area contributed by atoms with Crippen LogP contribution in [0.3, 0.4) is 0 Å². The van der Waals surface area contributed by atoms with Crippen molar-refractivity contribution in [3.05, 3.63) is 72.3 Å². The number of aliphatic carboxylic acids is 1. The van der Waals surface area contributed by atoms with Gasteiger partial charge in [-0.3, -0.25) is 14.5 Å². The summed E-state index contributed by atoms with van der Waals surface area (Å²) in [6, 6.07) is 14.9. The molecular formula is C24H26F3N7O2. The number of alkyl halides is 3. The highest BCUT2D eigenvalue weighted by molar-refractivity contribution is 5.73. The number of pyridine rings is 1. The second-order valence-corrected chi connectivity index (χ2v) is 8.64. The van der Waals surface area contributed by atoms with Gasteiger partial charge < -0.3 is 5.11 Å². The number of carbonyl (C=O) groups is 1. The van der Waals surface area contributed by atoms with Crippen molar-refractivity contribution in [1.29, 1.82) is 0 Å². The highest BCUT2D eigenvalue weighted by Crippen LogP contribution is 2.28. The number of halogens is 3. The maximum atomic E-state index is 10.6. The summed E-state index contributed by atoms with van der Waals surface area (Å²) >= 11 is 0. The number of fused-ring (bicyclic) bond motifs is 1. The molecule has 12 heteroatoms. The molecule has 1 atom stereocenters. The van der Waals surface area contributed by atoms with Gasteiger partial charge >= 0.3 is 12.1 Å². The quantitative estimate of drug-likeness (QED) is 0.459. The Bertz CT molecular complexity index is 1320. The number of benzene rings is 1. The largest absolute Gasteiger partial charge is 0.490 e. The fourth-order valence-corrected chi connectivity index (χ4v) is 4.13. The zero-order valence-corrected chi connectivity index (χ0v) is 19.8. The normalized spacial score (nSPS) is 17.1.